The van der Waals surface area contributed by atoms with Gasteiger partial charge >= 0.3 is 0 Å². The number of rotatable bonds is 9. The summed E-state index contributed by atoms with van der Waals surface area (Å²) in [5.74, 6) is -1.13. The highest BCUT2D eigenvalue weighted by Crippen LogP contribution is 2.38. The van der Waals surface area contributed by atoms with Crippen LogP contribution in [0.25, 0.3) is 22.1 Å². The number of aromatic nitrogens is 2. The van der Waals surface area contributed by atoms with Crippen LogP contribution < -0.4 is 5.32 Å². The number of amides is 1. The lowest BCUT2D eigenvalue weighted by Crippen LogP contribution is -2.31. The van der Waals surface area contributed by atoms with Gasteiger partial charge in [-0.2, -0.15) is 0 Å². The largest absolute Gasteiger partial charge is 0.507 e. The summed E-state index contributed by atoms with van der Waals surface area (Å²) in [7, 11) is 7.45. The summed E-state index contributed by atoms with van der Waals surface area (Å²) in [5.41, 5.74) is 0.853. The average molecular weight is 485 g/mol. The van der Waals surface area contributed by atoms with Crippen molar-refractivity contribution in [1.29, 1.82) is 0 Å². The number of fused-ring (bicyclic) bond motifs is 2. The number of hydrogen-bond donors (Lipinski definition) is 5. The van der Waals surface area contributed by atoms with Crippen LogP contribution in [-0.4, -0.2) is 113 Å². The second kappa shape index (κ2) is 10.8. The number of aliphatic imine (C=N–C) groups is 1. The molecule has 5 N–H and O–H groups in total. The summed E-state index contributed by atoms with van der Waals surface area (Å²) < 4.78 is 0. The highest BCUT2D eigenvalue weighted by molar-refractivity contribution is 6.10. The quantitative estimate of drug-likeness (QED) is 0.219. The van der Waals surface area contributed by atoms with Gasteiger partial charge in [0.1, 0.15) is 39.3 Å². The van der Waals surface area contributed by atoms with Gasteiger partial charge in [-0.1, -0.05) is 0 Å². The van der Waals surface area contributed by atoms with Gasteiger partial charge in [0.05, 0.1) is 23.8 Å². The lowest BCUT2D eigenvalue weighted by Gasteiger charge is -2.15. The molecule has 0 saturated carbocycles. The lowest BCUT2D eigenvalue weighted by molar-refractivity contribution is 0.0952. The first-order chi connectivity index (χ1) is 16.5. The number of benzene rings is 2. The van der Waals surface area contributed by atoms with Crippen LogP contribution in [0.5, 0.6) is 17.2 Å². The molecule has 0 fully saturated rings. The van der Waals surface area contributed by atoms with Gasteiger partial charge in [-0.3, -0.25) is 9.79 Å². The Labute approximate surface area is 203 Å². The molecule has 11 heteroatoms. The van der Waals surface area contributed by atoms with E-state index in [4.69, 9.17) is 0 Å². The van der Waals surface area contributed by atoms with Gasteiger partial charge in [-0.15, -0.1) is 0 Å². The van der Waals surface area contributed by atoms with Crippen molar-refractivity contribution in [3.63, 3.8) is 0 Å². The lowest BCUT2D eigenvalue weighted by atomic mass is 10.0. The maximum Gasteiger partial charge on any atom is 0.253 e. The number of nitrogens with zero attached hydrogens (tertiary/aromatic N) is 5. The first kappa shape index (κ1) is 26.1. The van der Waals surface area contributed by atoms with Crippen molar-refractivity contribution in [2.24, 2.45) is 4.99 Å². The Morgan fingerprint density at radius 3 is 2.37 bits per heavy atom. The van der Waals surface area contributed by atoms with Crippen LogP contribution >= 0.6 is 0 Å². The van der Waals surface area contributed by atoms with Crippen molar-refractivity contribution in [3.05, 3.63) is 28.8 Å². The number of aromatic hydroxyl groups is 3. The second-order valence-electron chi connectivity index (χ2n) is 8.96. The Hall–Kier alpha value is -3.54. The highest BCUT2D eigenvalue weighted by atomic mass is 16.3. The van der Waals surface area contributed by atoms with E-state index in [-0.39, 0.29) is 62.6 Å². The zero-order chi connectivity index (χ0) is 25.9. The van der Waals surface area contributed by atoms with Crippen LogP contribution in [0.1, 0.15) is 21.5 Å². The van der Waals surface area contributed by atoms with E-state index < -0.39 is 12.0 Å². The zero-order valence-electron chi connectivity index (χ0n) is 20.6. The zero-order valence-corrected chi connectivity index (χ0v) is 20.6. The SMILES string of the molecule is Cc1c(O)c(C=NCC(O)CN(C)C)c2nc3c(O)ccc(C(=O)NCCN(C)C)c3nc2c1O. The van der Waals surface area contributed by atoms with Crippen LogP contribution in [-0.2, 0) is 0 Å². The Bertz CT molecular complexity index is 1270. The molecule has 1 atom stereocenters. The molecule has 1 heterocycles. The first-order valence-corrected chi connectivity index (χ1v) is 11.1. The van der Waals surface area contributed by atoms with Gasteiger partial charge < -0.3 is 35.5 Å². The Balaban J connectivity index is 2.12. The standard InChI is InChI=1S/C24H32N6O5/c1-13-22(33)16(11-25-10-14(31)12-30(4)5)19-21(23(13)34)28-18-15(6-7-17(32)20(18)27-19)24(35)26-8-9-29(2)3/h6-7,11,14,31-34H,8-10,12H2,1-5H3,(H,26,35). The van der Waals surface area contributed by atoms with E-state index in [0.717, 1.165) is 0 Å². The summed E-state index contributed by atoms with van der Waals surface area (Å²) in [6, 6.07) is 2.80. The number of nitrogens with one attached hydrogen (secondary N) is 1. The third kappa shape index (κ3) is 5.76. The normalized spacial score (nSPS) is 12.9. The number of carbonyl (C=O) groups is 1. The first-order valence-electron chi connectivity index (χ1n) is 11.1. The topological polar surface area (TPSA) is 155 Å². The Kier molecular flexibility index (Phi) is 8.05. The minimum absolute atomic E-state index is 0.0442. The third-order valence-electron chi connectivity index (χ3n) is 5.45. The van der Waals surface area contributed by atoms with Crippen LogP contribution in [0, 0.1) is 6.92 Å². The van der Waals surface area contributed by atoms with Gasteiger partial charge in [0.15, 0.2) is 0 Å². The summed E-state index contributed by atoms with van der Waals surface area (Å²) in [6.07, 6.45) is 0.649. The van der Waals surface area contributed by atoms with Crippen molar-refractivity contribution in [2.75, 3.05) is 54.4 Å². The molecule has 0 radical (unpaired) electrons. The van der Waals surface area contributed by atoms with Crippen molar-refractivity contribution in [3.8, 4) is 17.2 Å². The third-order valence-corrected chi connectivity index (χ3v) is 5.45. The fourth-order valence-corrected chi connectivity index (χ4v) is 3.62. The van der Waals surface area contributed by atoms with Crippen LogP contribution in [0.15, 0.2) is 17.1 Å². The predicted molar refractivity (Wildman–Crippen MR) is 135 cm³/mol. The van der Waals surface area contributed by atoms with Crippen molar-refractivity contribution < 1.29 is 25.2 Å². The van der Waals surface area contributed by atoms with E-state index in [2.05, 4.69) is 20.3 Å². The molecule has 11 nitrogen and oxygen atoms in total. The van der Waals surface area contributed by atoms with Crippen molar-refractivity contribution >= 4 is 34.2 Å². The second-order valence-corrected chi connectivity index (χ2v) is 8.96. The average Bonchev–Trinajstić information content (AvgIpc) is 2.78. The molecule has 0 bridgehead atoms. The molecule has 0 spiro atoms. The minimum Gasteiger partial charge on any atom is -0.507 e. The van der Waals surface area contributed by atoms with Gasteiger partial charge in [0, 0.05) is 31.4 Å². The maximum atomic E-state index is 12.8. The van der Waals surface area contributed by atoms with Crippen LogP contribution in [0.3, 0.4) is 0 Å². The van der Waals surface area contributed by atoms with E-state index in [1.165, 1.54) is 25.3 Å². The Morgan fingerprint density at radius 1 is 1.03 bits per heavy atom. The van der Waals surface area contributed by atoms with Crippen LogP contribution in [0.2, 0.25) is 0 Å². The molecular formula is C24H32N6O5. The highest BCUT2D eigenvalue weighted by Gasteiger charge is 2.22. The monoisotopic (exact) mass is 484 g/mol. The van der Waals surface area contributed by atoms with E-state index in [9.17, 15) is 25.2 Å². The van der Waals surface area contributed by atoms with E-state index in [0.29, 0.717) is 19.6 Å². The number of aliphatic hydroxyl groups is 1. The smallest absolute Gasteiger partial charge is 0.253 e. The molecule has 3 aromatic rings. The van der Waals surface area contributed by atoms with Gasteiger partial charge in [-0.05, 0) is 47.2 Å². The summed E-state index contributed by atoms with van der Waals surface area (Å²) >= 11 is 0. The van der Waals surface area contributed by atoms with Crippen molar-refractivity contribution in [1.82, 2.24) is 25.1 Å². The molecule has 0 saturated heterocycles. The van der Waals surface area contributed by atoms with E-state index >= 15 is 0 Å². The number of hydrogen-bond acceptors (Lipinski definition) is 10. The van der Waals surface area contributed by atoms with Crippen LogP contribution in [0.4, 0.5) is 0 Å². The number of likely N-dealkylation sites (N-methyl/N-ethyl adjacent to an activating group) is 2. The molecule has 1 amide bonds. The van der Waals surface area contributed by atoms with Gasteiger partial charge in [0.2, 0.25) is 0 Å². The molecule has 0 aliphatic rings. The minimum atomic E-state index is -0.711. The fourth-order valence-electron chi connectivity index (χ4n) is 3.62. The summed E-state index contributed by atoms with van der Waals surface area (Å²) in [4.78, 5) is 29.7. The van der Waals surface area contributed by atoms with E-state index in [1.807, 2.05) is 38.0 Å². The summed E-state index contributed by atoms with van der Waals surface area (Å²) in [6.45, 7) is 3.07. The van der Waals surface area contributed by atoms with Crippen molar-refractivity contribution in [2.45, 2.75) is 13.0 Å². The number of phenols is 3. The van der Waals surface area contributed by atoms with E-state index in [1.54, 1.807) is 0 Å². The van der Waals surface area contributed by atoms with Gasteiger partial charge in [-0.25, -0.2) is 9.97 Å². The molecule has 1 unspecified atom stereocenters. The fraction of sp³-hybridized carbons (Fsp3) is 0.417. The molecule has 35 heavy (non-hydrogen) atoms. The number of aliphatic hydroxyl groups excluding tert-OH is 1. The molecule has 0 aliphatic heterocycles. The molecule has 2 aromatic carbocycles. The van der Waals surface area contributed by atoms with Gasteiger partial charge in [0.25, 0.3) is 5.91 Å². The molecule has 188 valence electrons. The molecular weight excluding hydrogens is 452 g/mol. The number of phenolic OH excluding ortho intramolecular Hbond substituents is 3. The maximum absolute atomic E-state index is 12.8. The molecule has 3 rings (SSSR count). The Morgan fingerprint density at radius 2 is 1.71 bits per heavy atom. The number of carbonyl (C=O) groups excluding carboxylic acids is 1. The molecule has 1 aromatic heterocycles. The predicted octanol–water partition coefficient (Wildman–Crippen LogP) is 0.841. The summed E-state index contributed by atoms with van der Waals surface area (Å²) in [5, 5.41) is 44.8. The molecule has 0 aliphatic carbocycles.